The van der Waals surface area contributed by atoms with Crippen molar-refractivity contribution >= 4 is 11.9 Å². The molecule has 0 spiro atoms. The summed E-state index contributed by atoms with van der Waals surface area (Å²) in [6.45, 7) is 7.95. The number of carboxylic acid groups (broad SMARTS) is 1. The van der Waals surface area contributed by atoms with Gasteiger partial charge in [0.2, 0.25) is 0 Å². The monoisotopic (exact) mass is 295 g/mol. The fourth-order valence-electron chi connectivity index (χ4n) is 2.38. The van der Waals surface area contributed by atoms with E-state index in [2.05, 4.69) is 24.3 Å². The molecule has 0 radical (unpaired) electrons. The number of rotatable bonds is 8. The lowest BCUT2D eigenvalue weighted by Crippen LogP contribution is -2.40. The van der Waals surface area contributed by atoms with Gasteiger partial charge in [0.15, 0.2) is 0 Å². The summed E-state index contributed by atoms with van der Waals surface area (Å²) >= 11 is 0. The zero-order valence-corrected chi connectivity index (χ0v) is 13.2. The number of amides is 1. The average molecular weight is 295 g/mol. The first-order chi connectivity index (χ1) is 9.94. The summed E-state index contributed by atoms with van der Waals surface area (Å²) in [5.41, 5.74) is 1.19. The normalized spacial score (nSPS) is 12.4. The van der Waals surface area contributed by atoms with Crippen LogP contribution in [0.1, 0.15) is 68.7 Å². The zero-order chi connectivity index (χ0) is 16.0. The molecule has 0 fully saturated rings. The van der Waals surface area contributed by atoms with Gasteiger partial charge in [-0.25, -0.2) is 4.79 Å². The van der Waals surface area contributed by atoms with Crippen LogP contribution in [0.15, 0.2) is 6.07 Å². The number of nitrogens with one attached hydrogen (secondary N) is 1. The molecule has 1 amide bonds. The molecule has 21 heavy (non-hydrogen) atoms. The van der Waals surface area contributed by atoms with E-state index < -0.39 is 17.9 Å². The minimum Gasteiger partial charge on any atom is -0.480 e. The Morgan fingerprint density at radius 3 is 2.43 bits per heavy atom. The van der Waals surface area contributed by atoms with Crippen molar-refractivity contribution in [3.8, 4) is 0 Å². The van der Waals surface area contributed by atoms with Crippen LogP contribution in [0.25, 0.3) is 0 Å². The maximum absolute atomic E-state index is 12.1. The number of carboxylic acids is 1. The highest BCUT2D eigenvalue weighted by atomic mass is 16.4. The van der Waals surface area contributed by atoms with Gasteiger partial charge in [-0.1, -0.05) is 27.2 Å². The van der Waals surface area contributed by atoms with Crippen molar-refractivity contribution in [3.05, 3.63) is 17.5 Å². The Hall–Kier alpha value is -1.85. The molecule has 6 heteroatoms. The molecule has 1 aromatic heterocycles. The van der Waals surface area contributed by atoms with Crippen molar-refractivity contribution in [1.82, 2.24) is 15.1 Å². The predicted molar refractivity (Wildman–Crippen MR) is 80.4 cm³/mol. The molecule has 1 unspecified atom stereocenters. The highest BCUT2D eigenvalue weighted by Crippen LogP contribution is 2.18. The van der Waals surface area contributed by atoms with Crippen LogP contribution in [0.3, 0.4) is 0 Å². The zero-order valence-electron chi connectivity index (χ0n) is 13.2. The summed E-state index contributed by atoms with van der Waals surface area (Å²) in [5, 5.41) is 16.0. The van der Waals surface area contributed by atoms with E-state index in [0.717, 1.165) is 18.5 Å². The Bertz CT molecular complexity index is 492. The highest BCUT2D eigenvalue weighted by molar-refractivity contribution is 5.95. The van der Waals surface area contributed by atoms with E-state index in [0.29, 0.717) is 12.8 Å². The van der Waals surface area contributed by atoms with Gasteiger partial charge in [-0.2, -0.15) is 5.10 Å². The number of hydrogen-bond donors (Lipinski definition) is 2. The fourth-order valence-corrected chi connectivity index (χ4v) is 2.38. The highest BCUT2D eigenvalue weighted by Gasteiger charge is 2.22. The Kier molecular flexibility index (Phi) is 6.39. The second-order valence-electron chi connectivity index (χ2n) is 5.24. The molecule has 1 heterocycles. The number of aryl methyl sites for hydroxylation is 1. The molecule has 1 aromatic rings. The van der Waals surface area contributed by atoms with Gasteiger partial charge in [0.1, 0.15) is 11.7 Å². The first kappa shape index (κ1) is 17.2. The largest absolute Gasteiger partial charge is 0.480 e. The Labute approximate surface area is 125 Å². The molecule has 0 bridgehead atoms. The van der Waals surface area contributed by atoms with Gasteiger partial charge in [-0.15, -0.1) is 0 Å². The van der Waals surface area contributed by atoms with E-state index in [4.69, 9.17) is 5.11 Å². The lowest BCUT2D eigenvalue weighted by Gasteiger charge is -2.15. The van der Waals surface area contributed by atoms with Crippen molar-refractivity contribution in [1.29, 1.82) is 0 Å². The number of carbonyl (C=O) groups is 2. The van der Waals surface area contributed by atoms with Crippen molar-refractivity contribution in [3.63, 3.8) is 0 Å². The van der Waals surface area contributed by atoms with E-state index in [1.807, 2.05) is 18.5 Å². The van der Waals surface area contributed by atoms with Crippen molar-refractivity contribution in [2.45, 2.75) is 65.5 Å². The summed E-state index contributed by atoms with van der Waals surface area (Å²) in [7, 11) is 0. The molecular formula is C15H25N3O3. The summed E-state index contributed by atoms with van der Waals surface area (Å²) < 4.78 is 1.85. The maximum Gasteiger partial charge on any atom is 0.326 e. The maximum atomic E-state index is 12.1. The third kappa shape index (κ3) is 4.31. The first-order valence-corrected chi connectivity index (χ1v) is 7.54. The second kappa shape index (κ2) is 7.81. The summed E-state index contributed by atoms with van der Waals surface area (Å²) in [4.78, 5) is 23.2. The SMILES string of the molecule is CCCC(NC(=O)c1cc(C)n(C(CC)CC)n1)C(=O)O. The molecule has 1 rings (SSSR count). The van der Waals surface area contributed by atoms with Crippen LogP contribution in [0.5, 0.6) is 0 Å². The molecule has 0 saturated heterocycles. The third-order valence-corrected chi connectivity index (χ3v) is 3.62. The van der Waals surface area contributed by atoms with Crippen LogP contribution in [0.4, 0.5) is 0 Å². The van der Waals surface area contributed by atoms with E-state index in [-0.39, 0.29) is 11.7 Å². The fraction of sp³-hybridized carbons (Fsp3) is 0.667. The molecule has 0 aliphatic heterocycles. The van der Waals surface area contributed by atoms with Gasteiger partial charge in [0, 0.05) is 5.69 Å². The molecular weight excluding hydrogens is 270 g/mol. The minimum atomic E-state index is -1.01. The van der Waals surface area contributed by atoms with Crippen LogP contribution in [0, 0.1) is 6.92 Å². The lowest BCUT2D eigenvalue weighted by molar-refractivity contribution is -0.139. The number of carbonyl (C=O) groups excluding carboxylic acids is 1. The molecule has 0 aliphatic carbocycles. The van der Waals surface area contributed by atoms with Gasteiger partial charge >= 0.3 is 5.97 Å². The van der Waals surface area contributed by atoms with Crippen LogP contribution >= 0.6 is 0 Å². The molecule has 0 saturated carbocycles. The van der Waals surface area contributed by atoms with E-state index >= 15 is 0 Å². The molecule has 118 valence electrons. The molecule has 6 nitrogen and oxygen atoms in total. The Morgan fingerprint density at radius 2 is 1.95 bits per heavy atom. The van der Waals surface area contributed by atoms with Crippen molar-refractivity contribution in [2.24, 2.45) is 0 Å². The van der Waals surface area contributed by atoms with E-state index in [9.17, 15) is 9.59 Å². The van der Waals surface area contributed by atoms with Gasteiger partial charge in [0.05, 0.1) is 6.04 Å². The first-order valence-electron chi connectivity index (χ1n) is 7.54. The molecule has 0 aromatic carbocycles. The molecule has 1 atom stereocenters. The van der Waals surface area contributed by atoms with E-state index in [1.54, 1.807) is 6.07 Å². The number of hydrogen-bond acceptors (Lipinski definition) is 3. The van der Waals surface area contributed by atoms with Crippen molar-refractivity contribution < 1.29 is 14.7 Å². The summed E-state index contributed by atoms with van der Waals surface area (Å²) in [6.07, 6.45) is 2.98. The molecule has 2 N–H and O–H groups in total. The van der Waals surface area contributed by atoms with Crippen LogP contribution in [0.2, 0.25) is 0 Å². The smallest absolute Gasteiger partial charge is 0.326 e. The lowest BCUT2D eigenvalue weighted by atomic mass is 10.1. The quantitative estimate of drug-likeness (QED) is 0.772. The van der Waals surface area contributed by atoms with Crippen LogP contribution < -0.4 is 5.32 Å². The van der Waals surface area contributed by atoms with Gasteiger partial charge in [-0.05, 0) is 32.3 Å². The molecule has 0 aliphatic rings. The van der Waals surface area contributed by atoms with Crippen LogP contribution in [-0.2, 0) is 4.79 Å². The second-order valence-corrected chi connectivity index (χ2v) is 5.24. The predicted octanol–water partition coefficient (Wildman–Crippen LogP) is 2.54. The van der Waals surface area contributed by atoms with Crippen molar-refractivity contribution in [2.75, 3.05) is 0 Å². The number of nitrogens with zero attached hydrogens (tertiary/aromatic N) is 2. The van der Waals surface area contributed by atoms with Gasteiger partial charge < -0.3 is 10.4 Å². The number of aromatic nitrogens is 2. The third-order valence-electron chi connectivity index (χ3n) is 3.62. The van der Waals surface area contributed by atoms with E-state index in [1.165, 1.54) is 0 Å². The standard InChI is InChI=1S/C15H25N3O3/c1-5-8-12(15(20)21)16-14(19)13-9-10(4)18(17-13)11(6-2)7-3/h9,11-12H,5-8H2,1-4H3,(H,16,19)(H,20,21). The minimum absolute atomic E-state index is 0.262. The number of aliphatic carboxylic acids is 1. The average Bonchev–Trinajstić information content (AvgIpc) is 2.82. The van der Waals surface area contributed by atoms with Gasteiger partial charge in [0.25, 0.3) is 5.91 Å². The van der Waals surface area contributed by atoms with Gasteiger partial charge in [-0.3, -0.25) is 9.48 Å². The van der Waals surface area contributed by atoms with Crippen LogP contribution in [-0.4, -0.2) is 32.8 Å². The summed E-state index contributed by atoms with van der Waals surface area (Å²) in [5.74, 6) is -1.44. The topological polar surface area (TPSA) is 84.2 Å². The Balaban J connectivity index is 2.88. The Morgan fingerprint density at radius 1 is 1.33 bits per heavy atom. The summed E-state index contributed by atoms with van der Waals surface area (Å²) in [6, 6.07) is 1.11.